The number of nitrogens with zero attached hydrogens (tertiary/aromatic N) is 1. The highest BCUT2D eigenvalue weighted by molar-refractivity contribution is 7.89. The lowest BCUT2D eigenvalue weighted by atomic mass is 9.87. The van der Waals surface area contributed by atoms with Gasteiger partial charge in [0.05, 0.1) is 5.75 Å². The van der Waals surface area contributed by atoms with Gasteiger partial charge in [0, 0.05) is 19.1 Å². The first-order chi connectivity index (χ1) is 6.23. The van der Waals surface area contributed by atoms with Crippen LogP contribution < -0.4 is 5.73 Å². The van der Waals surface area contributed by atoms with Crippen molar-refractivity contribution in [3.8, 4) is 0 Å². The summed E-state index contributed by atoms with van der Waals surface area (Å²) in [6.45, 7) is 7.17. The second kappa shape index (κ2) is 4.99. The van der Waals surface area contributed by atoms with Gasteiger partial charge >= 0.3 is 0 Å². The van der Waals surface area contributed by atoms with E-state index in [0.717, 1.165) is 6.42 Å². The first-order valence-electron chi connectivity index (χ1n) is 4.97. The quantitative estimate of drug-likeness (QED) is 0.796. The Hall–Kier alpha value is 0.160. The fourth-order valence-electron chi connectivity index (χ4n) is 1.39. The Bertz CT molecular complexity index is 298. The van der Waals surface area contributed by atoms with E-state index in [1.807, 2.05) is 20.8 Å². The third kappa shape index (κ3) is 3.90. The van der Waals surface area contributed by atoms with Crippen LogP contribution >= 0.6 is 12.4 Å². The van der Waals surface area contributed by atoms with Gasteiger partial charge in [0.1, 0.15) is 0 Å². The predicted molar refractivity (Wildman–Crippen MR) is 64.7 cm³/mol. The van der Waals surface area contributed by atoms with Gasteiger partial charge in [0.15, 0.2) is 0 Å². The molecular weight excluding hydrogens is 236 g/mol. The van der Waals surface area contributed by atoms with Gasteiger partial charge < -0.3 is 5.73 Å². The molecule has 1 rings (SSSR count). The summed E-state index contributed by atoms with van der Waals surface area (Å²) >= 11 is 0. The number of nitrogens with two attached hydrogens (primary N) is 1. The molecule has 6 heteroatoms. The zero-order valence-corrected chi connectivity index (χ0v) is 11.2. The van der Waals surface area contributed by atoms with Crippen molar-refractivity contribution in [3.05, 3.63) is 0 Å². The topological polar surface area (TPSA) is 63.4 Å². The lowest BCUT2D eigenvalue weighted by Crippen LogP contribution is -2.45. The van der Waals surface area contributed by atoms with Crippen LogP contribution in [0.4, 0.5) is 0 Å². The Morgan fingerprint density at radius 3 is 2.27 bits per heavy atom. The summed E-state index contributed by atoms with van der Waals surface area (Å²) in [5.41, 5.74) is 5.90. The van der Waals surface area contributed by atoms with Gasteiger partial charge in [-0.15, -0.1) is 12.4 Å². The highest BCUT2D eigenvalue weighted by Gasteiger charge is 2.32. The molecule has 1 aliphatic rings. The van der Waals surface area contributed by atoms with Crippen molar-refractivity contribution in [1.82, 2.24) is 4.31 Å². The molecule has 1 heterocycles. The fraction of sp³-hybridized carbons (Fsp3) is 1.00. The Morgan fingerprint density at radius 2 is 1.93 bits per heavy atom. The molecule has 0 aromatic rings. The van der Waals surface area contributed by atoms with Gasteiger partial charge in [-0.25, -0.2) is 12.7 Å². The van der Waals surface area contributed by atoms with E-state index in [1.165, 1.54) is 4.31 Å². The molecule has 0 aromatic heterocycles. The molecule has 0 aliphatic carbocycles. The van der Waals surface area contributed by atoms with Crippen LogP contribution in [-0.4, -0.2) is 37.6 Å². The summed E-state index contributed by atoms with van der Waals surface area (Å²) in [6, 6.07) is -0.102. The van der Waals surface area contributed by atoms with Crippen molar-refractivity contribution in [1.29, 1.82) is 0 Å². The number of sulfonamides is 1. The van der Waals surface area contributed by atoms with Crippen molar-refractivity contribution in [2.24, 2.45) is 11.1 Å². The van der Waals surface area contributed by atoms with Crippen LogP contribution in [0.1, 0.15) is 27.2 Å². The molecule has 1 saturated heterocycles. The molecule has 15 heavy (non-hydrogen) atoms. The van der Waals surface area contributed by atoms with Crippen molar-refractivity contribution in [2.75, 3.05) is 18.8 Å². The molecule has 0 aromatic carbocycles. The summed E-state index contributed by atoms with van der Waals surface area (Å²) in [5, 5.41) is 0. The van der Waals surface area contributed by atoms with Gasteiger partial charge in [-0.1, -0.05) is 20.8 Å². The maximum Gasteiger partial charge on any atom is 0.214 e. The lowest BCUT2D eigenvalue weighted by molar-refractivity contribution is 0.271. The van der Waals surface area contributed by atoms with E-state index < -0.39 is 10.0 Å². The zero-order valence-electron chi connectivity index (χ0n) is 9.56. The molecule has 0 unspecified atom stereocenters. The van der Waals surface area contributed by atoms with Gasteiger partial charge in [-0.2, -0.15) is 0 Å². The maximum atomic E-state index is 11.5. The van der Waals surface area contributed by atoms with Gasteiger partial charge in [0.25, 0.3) is 0 Å². The van der Waals surface area contributed by atoms with E-state index in [4.69, 9.17) is 5.73 Å². The minimum absolute atomic E-state index is 0. The highest BCUT2D eigenvalue weighted by atomic mass is 35.5. The van der Waals surface area contributed by atoms with Crippen molar-refractivity contribution >= 4 is 22.4 Å². The van der Waals surface area contributed by atoms with Gasteiger partial charge in [-0.05, 0) is 11.8 Å². The molecule has 0 spiro atoms. The summed E-state index contributed by atoms with van der Waals surface area (Å²) in [4.78, 5) is 0. The number of halogens is 1. The molecule has 0 bridgehead atoms. The molecule has 0 radical (unpaired) electrons. The predicted octanol–water partition coefficient (Wildman–Crippen LogP) is 0.817. The molecule has 4 nitrogen and oxygen atoms in total. The summed E-state index contributed by atoms with van der Waals surface area (Å²) in [7, 11) is -2.99. The summed E-state index contributed by atoms with van der Waals surface area (Å²) < 4.78 is 24.5. The van der Waals surface area contributed by atoms with Crippen LogP contribution in [0, 0.1) is 5.41 Å². The minimum Gasteiger partial charge on any atom is -0.326 e. The molecule has 2 N–H and O–H groups in total. The van der Waals surface area contributed by atoms with Crippen molar-refractivity contribution in [2.45, 2.75) is 33.2 Å². The average Bonchev–Trinajstić information content (AvgIpc) is 2.29. The average molecular weight is 257 g/mol. The third-order valence-electron chi connectivity index (χ3n) is 2.72. The molecular formula is C9H21ClN2O2S. The zero-order chi connectivity index (χ0) is 11.0. The van der Waals surface area contributed by atoms with Crippen LogP contribution in [0.3, 0.4) is 0 Å². The highest BCUT2D eigenvalue weighted by Crippen LogP contribution is 2.21. The van der Waals surface area contributed by atoms with Crippen molar-refractivity contribution in [3.63, 3.8) is 0 Å². The monoisotopic (exact) mass is 256 g/mol. The number of hydrogen-bond acceptors (Lipinski definition) is 3. The Kier molecular flexibility index (Phi) is 5.05. The van der Waals surface area contributed by atoms with E-state index in [9.17, 15) is 8.42 Å². The summed E-state index contributed by atoms with van der Waals surface area (Å²) in [5.74, 6) is 0.282. The third-order valence-corrected chi connectivity index (χ3v) is 4.64. The van der Waals surface area contributed by atoms with E-state index in [1.54, 1.807) is 0 Å². The van der Waals surface area contributed by atoms with Crippen LogP contribution in [0.2, 0.25) is 0 Å². The minimum atomic E-state index is -2.99. The molecule has 92 valence electrons. The standard InChI is InChI=1S/C9H20N2O2S.ClH/c1-9(2,3)8(10)7-11-5-4-6-14(11,12)13;/h8H,4-7,10H2,1-3H3;1H/t8-;/m1./s1. The van der Waals surface area contributed by atoms with Gasteiger partial charge in [0.2, 0.25) is 10.0 Å². The molecule has 0 saturated carbocycles. The normalized spacial score (nSPS) is 23.5. The first kappa shape index (κ1) is 15.2. The Morgan fingerprint density at radius 1 is 1.40 bits per heavy atom. The molecule has 1 aliphatic heterocycles. The van der Waals surface area contributed by atoms with E-state index in [0.29, 0.717) is 13.1 Å². The van der Waals surface area contributed by atoms with Crippen LogP contribution in [0.15, 0.2) is 0 Å². The maximum absolute atomic E-state index is 11.5. The van der Waals surface area contributed by atoms with Crippen molar-refractivity contribution < 1.29 is 8.42 Å². The molecule has 0 amide bonds. The van der Waals surface area contributed by atoms with Crippen LogP contribution in [0.5, 0.6) is 0 Å². The van der Waals surface area contributed by atoms with Gasteiger partial charge in [-0.3, -0.25) is 0 Å². The second-order valence-electron chi connectivity index (χ2n) is 5.00. The SMILES string of the molecule is CC(C)(C)[C@H](N)CN1CCCS1(=O)=O.Cl. The summed E-state index contributed by atoms with van der Waals surface area (Å²) in [6.07, 6.45) is 0.735. The van der Waals surface area contributed by atoms with E-state index >= 15 is 0 Å². The number of rotatable bonds is 2. The molecule has 1 fully saturated rings. The largest absolute Gasteiger partial charge is 0.326 e. The fourth-order valence-corrected chi connectivity index (χ4v) is 2.94. The second-order valence-corrected chi connectivity index (χ2v) is 7.09. The Balaban J connectivity index is 0.00000196. The number of hydrogen-bond donors (Lipinski definition) is 1. The Labute approximate surface area is 98.7 Å². The van der Waals surface area contributed by atoms with Crippen LogP contribution in [-0.2, 0) is 10.0 Å². The lowest BCUT2D eigenvalue weighted by Gasteiger charge is -2.30. The smallest absolute Gasteiger partial charge is 0.214 e. The first-order valence-corrected chi connectivity index (χ1v) is 6.58. The molecule has 1 atom stereocenters. The van der Waals surface area contributed by atoms with Crippen LogP contribution in [0.25, 0.3) is 0 Å². The van der Waals surface area contributed by atoms with E-state index in [2.05, 4.69) is 0 Å². The van der Waals surface area contributed by atoms with E-state index in [-0.39, 0.29) is 29.6 Å².